The van der Waals surface area contributed by atoms with Crippen LogP contribution < -0.4 is 19.8 Å². The number of nitrogens with one attached hydrogen (secondary N) is 1. The average molecular weight is 327 g/mol. The zero-order valence-corrected chi connectivity index (χ0v) is 13.8. The summed E-state index contributed by atoms with van der Waals surface area (Å²) in [6, 6.07) is 6.97. The van der Waals surface area contributed by atoms with Crippen LogP contribution in [0.2, 0.25) is 0 Å². The molecule has 0 aliphatic rings. The maximum absolute atomic E-state index is 12.4. The van der Waals surface area contributed by atoms with Gasteiger partial charge in [0.2, 0.25) is 5.88 Å². The van der Waals surface area contributed by atoms with Crippen LogP contribution in [-0.2, 0) is 0 Å². The molecule has 7 heteroatoms. The molecule has 0 atom stereocenters. The summed E-state index contributed by atoms with van der Waals surface area (Å²) in [7, 11) is 4.64. The van der Waals surface area contributed by atoms with Crippen LogP contribution in [-0.4, -0.2) is 36.3 Å². The van der Waals surface area contributed by atoms with Gasteiger partial charge in [0.15, 0.2) is 11.5 Å². The van der Waals surface area contributed by atoms with E-state index in [0.717, 1.165) is 0 Å². The van der Waals surface area contributed by atoms with E-state index in [1.54, 1.807) is 39.3 Å². The fraction of sp³-hybridized carbons (Fsp3) is 0.235. The first kappa shape index (κ1) is 15.8. The maximum atomic E-state index is 12.4. The lowest BCUT2D eigenvalue weighted by molar-refractivity contribution is 0.355. The van der Waals surface area contributed by atoms with Gasteiger partial charge in [0.25, 0.3) is 5.56 Å². The molecule has 24 heavy (non-hydrogen) atoms. The molecular formula is C17H17N3O4. The summed E-state index contributed by atoms with van der Waals surface area (Å²) in [4.78, 5) is 24.0. The number of benzene rings is 1. The second kappa shape index (κ2) is 6.19. The number of ether oxygens (including phenoxy) is 3. The number of nitrogens with zero attached hydrogens (tertiary/aromatic N) is 2. The Morgan fingerprint density at radius 1 is 0.958 bits per heavy atom. The SMILES string of the molecule is COc1cc2nc(C)[nH]c(=O)c2c(-c2ccc(OC)c(OC)c2)n1. The molecule has 2 heterocycles. The maximum Gasteiger partial charge on any atom is 0.260 e. The zero-order valence-electron chi connectivity index (χ0n) is 13.8. The van der Waals surface area contributed by atoms with Crippen LogP contribution in [0.3, 0.4) is 0 Å². The van der Waals surface area contributed by atoms with Crippen LogP contribution in [0.4, 0.5) is 0 Å². The molecule has 0 amide bonds. The number of methoxy groups -OCH3 is 3. The molecular weight excluding hydrogens is 310 g/mol. The van der Waals surface area contributed by atoms with Gasteiger partial charge in [-0.05, 0) is 25.1 Å². The summed E-state index contributed by atoms with van der Waals surface area (Å²) in [6.45, 7) is 1.73. The van der Waals surface area contributed by atoms with Crippen LogP contribution in [0.15, 0.2) is 29.1 Å². The molecule has 7 nitrogen and oxygen atoms in total. The van der Waals surface area contributed by atoms with Crippen LogP contribution in [0.1, 0.15) is 5.82 Å². The van der Waals surface area contributed by atoms with Crippen molar-refractivity contribution >= 4 is 10.9 Å². The number of hydrogen-bond donors (Lipinski definition) is 1. The van der Waals surface area contributed by atoms with Crippen molar-refractivity contribution in [3.8, 4) is 28.6 Å². The summed E-state index contributed by atoms with van der Waals surface area (Å²) in [5.41, 5.74) is 1.44. The van der Waals surface area contributed by atoms with Gasteiger partial charge in [-0.15, -0.1) is 0 Å². The predicted molar refractivity (Wildman–Crippen MR) is 90.0 cm³/mol. The number of H-pyrrole nitrogens is 1. The van der Waals surface area contributed by atoms with Crippen molar-refractivity contribution in [2.45, 2.75) is 6.92 Å². The first-order valence-corrected chi connectivity index (χ1v) is 7.25. The molecule has 0 bridgehead atoms. The monoisotopic (exact) mass is 327 g/mol. The number of aryl methyl sites for hydroxylation is 1. The minimum absolute atomic E-state index is 0.252. The van der Waals surface area contributed by atoms with Crippen molar-refractivity contribution in [1.82, 2.24) is 15.0 Å². The van der Waals surface area contributed by atoms with Crippen LogP contribution in [0.25, 0.3) is 22.2 Å². The Balaban J connectivity index is 2.35. The quantitative estimate of drug-likeness (QED) is 0.791. The molecule has 0 unspecified atom stereocenters. The number of aromatic nitrogens is 3. The molecule has 0 aliphatic carbocycles. The smallest absolute Gasteiger partial charge is 0.260 e. The Morgan fingerprint density at radius 2 is 1.71 bits per heavy atom. The summed E-state index contributed by atoms with van der Waals surface area (Å²) in [6.07, 6.45) is 0. The van der Waals surface area contributed by atoms with Crippen molar-refractivity contribution < 1.29 is 14.2 Å². The summed E-state index contributed by atoms with van der Waals surface area (Å²) in [5.74, 6) is 2.05. The van der Waals surface area contributed by atoms with Crippen LogP contribution in [0, 0.1) is 6.92 Å². The molecule has 1 aromatic carbocycles. The van der Waals surface area contributed by atoms with E-state index in [1.807, 2.05) is 6.07 Å². The van der Waals surface area contributed by atoms with Crippen molar-refractivity contribution in [3.63, 3.8) is 0 Å². The van der Waals surface area contributed by atoms with Gasteiger partial charge in [0.05, 0.1) is 37.9 Å². The largest absolute Gasteiger partial charge is 0.493 e. The fourth-order valence-corrected chi connectivity index (χ4v) is 2.55. The van der Waals surface area contributed by atoms with Crippen molar-refractivity contribution in [3.05, 3.63) is 40.4 Å². The van der Waals surface area contributed by atoms with E-state index < -0.39 is 0 Å². The van der Waals surface area contributed by atoms with Crippen molar-refractivity contribution in [1.29, 1.82) is 0 Å². The van der Waals surface area contributed by atoms with Gasteiger partial charge in [0.1, 0.15) is 5.82 Å². The van der Waals surface area contributed by atoms with Crippen molar-refractivity contribution in [2.75, 3.05) is 21.3 Å². The molecule has 0 fully saturated rings. The molecule has 0 spiro atoms. The lowest BCUT2D eigenvalue weighted by Gasteiger charge is -2.11. The Bertz CT molecular complexity index is 966. The average Bonchev–Trinajstić information content (AvgIpc) is 2.59. The molecule has 124 valence electrons. The fourth-order valence-electron chi connectivity index (χ4n) is 2.55. The molecule has 2 aromatic heterocycles. The molecule has 0 radical (unpaired) electrons. The van der Waals surface area contributed by atoms with Gasteiger partial charge in [-0.1, -0.05) is 0 Å². The highest BCUT2D eigenvalue weighted by Gasteiger charge is 2.16. The normalized spacial score (nSPS) is 10.7. The molecule has 3 aromatic rings. The Morgan fingerprint density at radius 3 is 2.38 bits per heavy atom. The van der Waals surface area contributed by atoms with Gasteiger partial charge in [-0.3, -0.25) is 4.79 Å². The van der Waals surface area contributed by atoms with Crippen LogP contribution >= 0.6 is 0 Å². The number of aromatic amines is 1. The van der Waals surface area contributed by atoms with E-state index in [4.69, 9.17) is 14.2 Å². The second-order valence-electron chi connectivity index (χ2n) is 5.13. The molecule has 0 saturated carbocycles. The number of pyridine rings is 1. The van der Waals surface area contributed by atoms with Gasteiger partial charge in [-0.2, -0.15) is 0 Å². The highest BCUT2D eigenvalue weighted by Crippen LogP contribution is 2.34. The van der Waals surface area contributed by atoms with E-state index in [9.17, 15) is 4.79 Å². The van der Waals surface area contributed by atoms with E-state index in [-0.39, 0.29) is 5.56 Å². The van der Waals surface area contributed by atoms with E-state index in [1.165, 1.54) is 7.11 Å². The van der Waals surface area contributed by atoms with Gasteiger partial charge in [-0.25, -0.2) is 9.97 Å². The van der Waals surface area contributed by atoms with Crippen molar-refractivity contribution in [2.24, 2.45) is 0 Å². The standard InChI is InChI=1S/C17H17N3O4/c1-9-18-11-8-14(24-4)20-16(15(11)17(21)19-9)10-5-6-12(22-2)13(7-10)23-3/h5-8H,1-4H3,(H,18,19,21). The minimum atomic E-state index is -0.252. The molecule has 0 saturated heterocycles. The van der Waals surface area contributed by atoms with Crippen LogP contribution in [0.5, 0.6) is 17.4 Å². The Labute approximate surface area is 138 Å². The Hall–Kier alpha value is -3.09. The lowest BCUT2D eigenvalue weighted by Crippen LogP contribution is -2.12. The van der Waals surface area contributed by atoms with Gasteiger partial charge in [0, 0.05) is 11.6 Å². The Kier molecular flexibility index (Phi) is 4.07. The third kappa shape index (κ3) is 2.64. The molecule has 0 aliphatic heterocycles. The van der Waals surface area contributed by atoms with Gasteiger partial charge < -0.3 is 19.2 Å². The summed E-state index contributed by atoms with van der Waals surface area (Å²) >= 11 is 0. The highest BCUT2D eigenvalue weighted by atomic mass is 16.5. The topological polar surface area (TPSA) is 86.3 Å². The second-order valence-corrected chi connectivity index (χ2v) is 5.13. The number of fused-ring (bicyclic) bond motifs is 1. The summed E-state index contributed by atoms with van der Waals surface area (Å²) in [5, 5.41) is 0.397. The first-order valence-electron chi connectivity index (χ1n) is 7.25. The third-order valence-electron chi connectivity index (χ3n) is 3.65. The zero-order chi connectivity index (χ0) is 17.3. The number of hydrogen-bond acceptors (Lipinski definition) is 6. The third-order valence-corrected chi connectivity index (χ3v) is 3.65. The highest BCUT2D eigenvalue weighted by molar-refractivity contribution is 5.92. The number of rotatable bonds is 4. The minimum Gasteiger partial charge on any atom is -0.493 e. The summed E-state index contributed by atoms with van der Waals surface area (Å²) < 4.78 is 15.8. The van der Waals surface area contributed by atoms with E-state index in [0.29, 0.717) is 45.4 Å². The predicted octanol–water partition coefficient (Wildman–Crippen LogP) is 2.32. The van der Waals surface area contributed by atoms with E-state index in [2.05, 4.69) is 15.0 Å². The van der Waals surface area contributed by atoms with E-state index >= 15 is 0 Å². The molecule has 3 rings (SSSR count). The van der Waals surface area contributed by atoms with Gasteiger partial charge >= 0.3 is 0 Å². The molecule has 1 N–H and O–H groups in total. The first-order chi connectivity index (χ1) is 11.6. The lowest BCUT2D eigenvalue weighted by atomic mass is 10.1.